The van der Waals surface area contributed by atoms with Crippen molar-refractivity contribution in [1.82, 2.24) is 0 Å². The van der Waals surface area contributed by atoms with Gasteiger partial charge in [0.1, 0.15) is 0 Å². The van der Waals surface area contributed by atoms with Crippen LogP contribution in [0.5, 0.6) is 0 Å². The third kappa shape index (κ3) is 7.21. The predicted molar refractivity (Wildman–Crippen MR) is 35.0 cm³/mol. The van der Waals surface area contributed by atoms with E-state index in [0.717, 1.165) is 19.3 Å². The van der Waals surface area contributed by atoms with Crippen molar-refractivity contribution in [3.05, 3.63) is 12.7 Å². The van der Waals surface area contributed by atoms with E-state index in [1.54, 1.807) is 6.08 Å². The fourth-order valence-corrected chi connectivity index (χ4v) is 0.538. The molecular weight excluding hydrogens is 116 g/mol. The first-order valence-electron chi connectivity index (χ1n) is 3.02. The summed E-state index contributed by atoms with van der Waals surface area (Å²) in [6.07, 6.45) is 4.23. The number of carbonyl (C=O) groups is 1. The van der Waals surface area contributed by atoms with Gasteiger partial charge < -0.3 is 5.11 Å². The van der Waals surface area contributed by atoms with Crippen molar-refractivity contribution >= 4 is 5.97 Å². The van der Waals surface area contributed by atoms with Gasteiger partial charge in [-0.15, -0.1) is 0 Å². The minimum absolute atomic E-state index is 0.258. The Kier molecular flexibility index (Phi) is 4.88. The highest BCUT2D eigenvalue weighted by atomic mass is 16.4. The molecule has 0 unspecified atom stereocenters. The molecule has 2 heteroatoms. The molecule has 1 N–H and O–H groups in total. The fraction of sp³-hybridized carbons (Fsp3) is 0.571. The van der Waals surface area contributed by atoms with Gasteiger partial charge in [-0.1, -0.05) is 12.7 Å². The quantitative estimate of drug-likeness (QED) is 0.570. The third-order valence-electron chi connectivity index (χ3n) is 1.01. The molecule has 0 heterocycles. The van der Waals surface area contributed by atoms with Crippen molar-refractivity contribution in [2.75, 3.05) is 0 Å². The predicted octanol–water partition coefficient (Wildman–Crippen LogP) is 1.62. The van der Waals surface area contributed by atoms with E-state index in [1.807, 2.05) is 0 Å². The van der Waals surface area contributed by atoms with Gasteiger partial charge in [-0.3, -0.25) is 4.79 Å². The molecular formula is C7H11O2. The van der Waals surface area contributed by atoms with Crippen LogP contribution in [0.1, 0.15) is 25.7 Å². The largest absolute Gasteiger partial charge is 0.481 e. The molecule has 0 aliphatic heterocycles. The molecule has 0 atom stereocenters. The lowest BCUT2D eigenvalue weighted by atomic mass is 10.2. The average molecular weight is 127 g/mol. The number of allylic oxidation sites excluding steroid dienone is 1. The summed E-state index contributed by atoms with van der Waals surface area (Å²) >= 11 is 0. The molecule has 0 fully saturated rings. The molecule has 2 nitrogen and oxygen atoms in total. The van der Waals surface area contributed by atoms with Crippen LogP contribution >= 0.6 is 0 Å². The van der Waals surface area contributed by atoms with Gasteiger partial charge in [-0.2, -0.15) is 0 Å². The lowest BCUT2D eigenvalue weighted by Crippen LogP contribution is -1.92. The highest BCUT2D eigenvalue weighted by Crippen LogP contribution is 1.98. The van der Waals surface area contributed by atoms with Gasteiger partial charge in [-0.25, -0.2) is 0 Å². The lowest BCUT2D eigenvalue weighted by Gasteiger charge is -1.90. The Bertz CT molecular complexity index is 97.1. The topological polar surface area (TPSA) is 37.3 Å². The normalized spacial score (nSPS) is 8.89. The summed E-state index contributed by atoms with van der Waals surface area (Å²) < 4.78 is 0. The lowest BCUT2D eigenvalue weighted by molar-refractivity contribution is -0.137. The molecule has 0 aromatic heterocycles. The van der Waals surface area contributed by atoms with Crippen LogP contribution in [0.25, 0.3) is 0 Å². The van der Waals surface area contributed by atoms with E-state index in [2.05, 4.69) is 0 Å². The number of hydrogen-bond acceptors (Lipinski definition) is 1. The smallest absolute Gasteiger partial charge is 0.303 e. The highest BCUT2D eigenvalue weighted by Gasteiger charge is 1.93. The van der Waals surface area contributed by atoms with Crippen LogP contribution in [-0.4, -0.2) is 11.1 Å². The van der Waals surface area contributed by atoms with Crippen molar-refractivity contribution in [1.29, 1.82) is 0 Å². The van der Waals surface area contributed by atoms with Gasteiger partial charge in [0, 0.05) is 6.42 Å². The molecule has 0 aromatic carbocycles. The molecule has 0 amide bonds. The average Bonchev–Trinajstić information content (AvgIpc) is 1.80. The zero-order chi connectivity index (χ0) is 7.11. The molecule has 0 spiro atoms. The molecule has 1 radical (unpaired) electrons. The molecule has 0 aliphatic carbocycles. The maximum atomic E-state index is 9.92. The first kappa shape index (κ1) is 8.21. The maximum Gasteiger partial charge on any atom is 0.303 e. The van der Waals surface area contributed by atoms with Gasteiger partial charge in [0.25, 0.3) is 0 Å². The van der Waals surface area contributed by atoms with Crippen LogP contribution in [0.15, 0.2) is 6.08 Å². The number of aliphatic carboxylic acids is 1. The number of carboxylic acids is 1. The second-order valence-electron chi connectivity index (χ2n) is 1.88. The maximum absolute atomic E-state index is 9.92. The number of hydrogen-bond donors (Lipinski definition) is 1. The summed E-state index contributed by atoms with van der Waals surface area (Å²) in [6, 6.07) is 0. The molecule has 0 rings (SSSR count). The number of carboxylic acid groups (broad SMARTS) is 1. The van der Waals surface area contributed by atoms with Crippen LogP contribution in [0.2, 0.25) is 0 Å². The monoisotopic (exact) mass is 127 g/mol. The van der Waals surface area contributed by atoms with Gasteiger partial charge >= 0.3 is 5.97 Å². The Hall–Kier alpha value is -0.790. The van der Waals surface area contributed by atoms with Crippen LogP contribution in [0.4, 0.5) is 0 Å². The zero-order valence-corrected chi connectivity index (χ0v) is 5.34. The van der Waals surface area contributed by atoms with E-state index < -0.39 is 5.97 Å². The van der Waals surface area contributed by atoms with E-state index in [9.17, 15) is 4.79 Å². The van der Waals surface area contributed by atoms with Crippen LogP contribution in [0, 0.1) is 6.58 Å². The Morgan fingerprint density at radius 3 is 2.67 bits per heavy atom. The van der Waals surface area contributed by atoms with Gasteiger partial charge in [0.2, 0.25) is 0 Å². The molecule has 0 aromatic rings. The van der Waals surface area contributed by atoms with E-state index in [0.29, 0.717) is 0 Å². The second-order valence-corrected chi connectivity index (χ2v) is 1.88. The molecule has 0 saturated heterocycles. The van der Waals surface area contributed by atoms with E-state index >= 15 is 0 Å². The van der Waals surface area contributed by atoms with Crippen LogP contribution in [-0.2, 0) is 4.79 Å². The van der Waals surface area contributed by atoms with E-state index in [-0.39, 0.29) is 6.42 Å². The first-order valence-corrected chi connectivity index (χ1v) is 3.02. The Morgan fingerprint density at radius 2 is 2.22 bits per heavy atom. The molecule has 9 heavy (non-hydrogen) atoms. The second kappa shape index (κ2) is 5.35. The van der Waals surface area contributed by atoms with Crippen molar-refractivity contribution < 1.29 is 9.90 Å². The Balaban J connectivity index is 2.91. The van der Waals surface area contributed by atoms with Crippen molar-refractivity contribution in [2.24, 2.45) is 0 Å². The van der Waals surface area contributed by atoms with Crippen LogP contribution < -0.4 is 0 Å². The summed E-state index contributed by atoms with van der Waals surface area (Å²) in [5, 5.41) is 8.17. The standard InChI is InChI=1S/C7H11O2/c1-2-3-4-5-6-7(8)9/h1-2H,3-6H2,(H,8,9). The van der Waals surface area contributed by atoms with E-state index in [1.165, 1.54) is 0 Å². The van der Waals surface area contributed by atoms with Crippen molar-refractivity contribution in [3.63, 3.8) is 0 Å². The van der Waals surface area contributed by atoms with Gasteiger partial charge in [0.15, 0.2) is 0 Å². The Labute approximate surface area is 55.2 Å². The molecule has 51 valence electrons. The Morgan fingerprint density at radius 1 is 1.56 bits per heavy atom. The summed E-state index contributed by atoms with van der Waals surface area (Å²) in [5.41, 5.74) is 0. The summed E-state index contributed by atoms with van der Waals surface area (Å²) in [5.74, 6) is -0.730. The van der Waals surface area contributed by atoms with Crippen molar-refractivity contribution in [3.8, 4) is 0 Å². The third-order valence-corrected chi connectivity index (χ3v) is 1.01. The summed E-state index contributed by atoms with van der Waals surface area (Å²) in [6.45, 7) is 5.07. The zero-order valence-electron chi connectivity index (χ0n) is 5.34. The van der Waals surface area contributed by atoms with Crippen LogP contribution in [0.3, 0.4) is 0 Å². The number of rotatable bonds is 5. The van der Waals surface area contributed by atoms with E-state index in [4.69, 9.17) is 11.7 Å². The minimum atomic E-state index is -0.730. The minimum Gasteiger partial charge on any atom is -0.481 e. The molecule has 0 bridgehead atoms. The van der Waals surface area contributed by atoms with Gasteiger partial charge in [0.05, 0.1) is 0 Å². The summed E-state index contributed by atoms with van der Waals surface area (Å²) in [4.78, 5) is 9.92. The highest BCUT2D eigenvalue weighted by molar-refractivity contribution is 5.66. The van der Waals surface area contributed by atoms with Crippen molar-refractivity contribution in [2.45, 2.75) is 25.7 Å². The molecule has 0 saturated carbocycles. The van der Waals surface area contributed by atoms with Gasteiger partial charge in [-0.05, 0) is 19.3 Å². The molecule has 0 aliphatic rings. The first-order chi connectivity index (χ1) is 4.27. The number of unbranched alkanes of at least 4 members (excludes halogenated alkanes) is 2. The SMILES string of the molecule is [CH]=CCCCCC(=O)O. The summed E-state index contributed by atoms with van der Waals surface area (Å²) in [7, 11) is 0. The fourth-order valence-electron chi connectivity index (χ4n) is 0.538.